The maximum absolute atomic E-state index is 12.0. The highest BCUT2D eigenvalue weighted by molar-refractivity contribution is 7.14. The zero-order valence-corrected chi connectivity index (χ0v) is 14.5. The van der Waals surface area contributed by atoms with Gasteiger partial charge in [-0.1, -0.05) is 39.0 Å². The third kappa shape index (κ3) is 5.21. The van der Waals surface area contributed by atoms with Crippen LogP contribution in [0.15, 0.2) is 35.7 Å². The van der Waals surface area contributed by atoms with E-state index in [1.807, 2.05) is 29.6 Å². The smallest absolute Gasteiger partial charge is 0.250 e. The number of nitrogens with zero attached hydrogens (tertiary/aromatic N) is 1. The molecule has 1 aromatic heterocycles. The Kier molecular flexibility index (Phi) is 6.35. The van der Waals surface area contributed by atoms with Gasteiger partial charge in [0.15, 0.2) is 5.13 Å². The highest BCUT2D eigenvalue weighted by atomic mass is 32.1. The van der Waals surface area contributed by atoms with Crippen LogP contribution in [0.5, 0.6) is 5.75 Å². The van der Waals surface area contributed by atoms with Crippen molar-refractivity contribution in [1.29, 1.82) is 0 Å². The molecule has 1 aromatic carbocycles. The first-order valence-corrected chi connectivity index (χ1v) is 8.64. The number of carbonyl (C=O) groups excluding carboxylic acids is 1. The summed E-state index contributed by atoms with van der Waals surface area (Å²) < 4.78 is 5.67. The van der Waals surface area contributed by atoms with Crippen LogP contribution in [0.1, 0.15) is 44.4 Å². The molecule has 0 unspecified atom stereocenters. The molecule has 0 saturated heterocycles. The number of anilines is 1. The molecule has 0 radical (unpaired) electrons. The van der Waals surface area contributed by atoms with E-state index >= 15 is 0 Å². The minimum absolute atomic E-state index is 0.194. The average Bonchev–Trinajstić information content (AvgIpc) is 3.00. The van der Waals surface area contributed by atoms with Gasteiger partial charge in [0.2, 0.25) is 5.91 Å². The van der Waals surface area contributed by atoms with Gasteiger partial charge < -0.3 is 4.74 Å². The molecule has 23 heavy (non-hydrogen) atoms. The Morgan fingerprint density at radius 3 is 2.87 bits per heavy atom. The number of carbonyl (C=O) groups is 1. The zero-order chi connectivity index (χ0) is 16.7. The van der Waals surface area contributed by atoms with Crippen molar-refractivity contribution in [2.24, 2.45) is 0 Å². The lowest BCUT2D eigenvalue weighted by atomic mass is 10.2. The monoisotopic (exact) mass is 330 g/mol. The Morgan fingerprint density at radius 1 is 1.39 bits per heavy atom. The van der Waals surface area contributed by atoms with Crippen molar-refractivity contribution >= 4 is 28.5 Å². The molecule has 0 aliphatic heterocycles. The first-order valence-electron chi connectivity index (χ1n) is 7.76. The summed E-state index contributed by atoms with van der Waals surface area (Å²) in [6, 6.07) is 7.68. The summed E-state index contributed by atoms with van der Waals surface area (Å²) in [5.41, 5.74) is 1.88. The summed E-state index contributed by atoms with van der Waals surface area (Å²) in [6.07, 6.45) is 4.21. The van der Waals surface area contributed by atoms with Gasteiger partial charge in [-0.3, -0.25) is 10.1 Å². The molecule has 5 heteroatoms. The van der Waals surface area contributed by atoms with Crippen molar-refractivity contribution in [2.75, 3.05) is 11.9 Å². The molecular weight excluding hydrogens is 308 g/mol. The number of benzene rings is 1. The van der Waals surface area contributed by atoms with Gasteiger partial charge in [0, 0.05) is 17.0 Å². The van der Waals surface area contributed by atoms with Gasteiger partial charge in [0.1, 0.15) is 5.75 Å². The number of para-hydroxylation sites is 1. The second-order valence-corrected chi connectivity index (χ2v) is 6.30. The van der Waals surface area contributed by atoms with Crippen LogP contribution < -0.4 is 10.1 Å². The minimum Gasteiger partial charge on any atom is -0.493 e. The molecule has 122 valence electrons. The first-order chi connectivity index (χ1) is 11.1. The third-order valence-corrected chi connectivity index (χ3v) is 3.91. The summed E-state index contributed by atoms with van der Waals surface area (Å²) in [4.78, 5) is 16.4. The number of thiazole rings is 1. The van der Waals surface area contributed by atoms with Crippen LogP contribution >= 0.6 is 11.3 Å². The van der Waals surface area contributed by atoms with Crippen LogP contribution in [0.4, 0.5) is 5.13 Å². The summed E-state index contributed by atoms with van der Waals surface area (Å²) in [5.74, 6) is 0.949. The van der Waals surface area contributed by atoms with Crippen molar-refractivity contribution in [2.45, 2.75) is 33.1 Å². The van der Waals surface area contributed by atoms with Crippen LogP contribution in [0.25, 0.3) is 6.08 Å². The molecule has 0 aliphatic carbocycles. The number of aromatic nitrogens is 1. The van der Waals surface area contributed by atoms with Gasteiger partial charge in [-0.2, -0.15) is 0 Å². The van der Waals surface area contributed by atoms with Crippen LogP contribution in [-0.4, -0.2) is 17.5 Å². The lowest BCUT2D eigenvalue weighted by Gasteiger charge is -2.07. The van der Waals surface area contributed by atoms with E-state index in [0.29, 0.717) is 17.7 Å². The second-order valence-electron chi connectivity index (χ2n) is 5.44. The number of nitrogens with one attached hydrogen (secondary N) is 1. The fourth-order valence-electron chi connectivity index (χ4n) is 1.88. The van der Waals surface area contributed by atoms with Gasteiger partial charge in [-0.15, -0.1) is 11.3 Å². The Bertz CT molecular complexity index is 677. The largest absolute Gasteiger partial charge is 0.493 e. The molecule has 0 saturated carbocycles. The van der Waals surface area contributed by atoms with E-state index in [-0.39, 0.29) is 5.91 Å². The van der Waals surface area contributed by atoms with Crippen LogP contribution in [0.2, 0.25) is 0 Å². The molecule has 2 aromatic rings. The molecule has 2 rings (SSSR count). The molecule has 4 nitrogen and oxygen atoms in total. The number of rotatable bonds is 7. The van der Waals surface area contributed by atoms with E-state index in [1.165, 1.54) is 17.4 Å². The summed E-state index contributed by atoms with van der Waals surface area (Å²) in [6.45, 7) is 6.88. The second kappa shape index (κ2) is 8.48. The molecule has 0 spiro atoms. The van der Waals surface area contributed by atoms with Gasteiger partial charge in [0.05, 0.1) is 12.3 Å². The number of hydrogen-bond acceptors (Lipinski definition) is 4. The topological polar surface area (TPSA) is 51.2 Å². The van der Waals surface area contributed by atoms with Crippen LogP contribution in [0.3, 0.4) is 0 Å². The SMILES string of the molecule is CCCOc1ccccc1/C=C/C(=O)Nc1nc(C(C)C)cs1. The minimum atomic E-state index is -0.194. The summed E-state index contributed by atoms with van der Waals surface area (Å²) >= 11 is 1.44. The van der Waals surface area contributed by atoms with E-state index in [1.54, 1.807) is 6.08 Å². The number of ether oxygens (including phenoxy) is 1. The van der Waals surface area contributed by atoms with Gasteiger partial charge >= 0.3 is 0 Å². The van der Waals surface area contributed by atoms with Gasteiger partial charge in [0.25, 0.3) is 0 Å². The predicted octanol–water partition coefficient (Wildman–Crippen LogP) is 4.71. The Labute approximate surface area is 141 Å². The average molecular weight is 330 g/mol. The van der Waals surface area contributed by atoms with Crippen molar-refractivity contribution in [3.05, 3.63) is 47.0 Å². The highest BCUT2D eigenvalue weighted by Gasteiger charge is 2.07. The Morgan fingerprint density at radius 2 is 2.17 bits per heavy atom. The molecule has 0 fully saturated rings. The Balaban J connectivity index is 2.00. The normalized spacial score (nSPS) is 11.1. The molecule has 1 amide bonds. The summed E-state index contributed by atoms with van der Waals surface area (Å²) in [5, 5.41) is 5.38. The van der Waals surface area contributed by atoms with E-state index in [4.69, 9.17) is 4.74 Å². The van der Waals surface area contributed by atoms with E-state index in [0.717, 1.165) is 23.4 Å². The fourth-order valence-corrected chi connectivity index (χ4v) is 2.76. The number of hydrogen-bond donors (Lipinski definition) is 1. The third-order valence-electron chi connectivity index (χ3n) is 3.14. The maximum Gasteiger partial charge on any atom is 0.250 e. The molecule has 0 atom stereocenters. The number of amides is 1. The molecular formula is C18H22N2O2S. The molecule has 0 aliphatic rings. The van der Waals surface area contributed by atoms with E-state index in [9.17, 15) is 4.79 Å². The molecule has 1 heterocycles. The van der Waals surface area contributed by atoms with E-state index < -0.39 is 0 Å². The standard InChI is InChI=1S/C18H22N2O2S/c1-4-11-22-16-8-6-5-7-14(16)9-10-17(21)20-18-19-15(12-23-18)13(2)3/h5-10,12-13H,4,11H2,1-3H3,(H,19,20,21)/b10-9+. The van der Waals surface area contributed by atoms with Crippen molar-refractivity contribution in [3.8, 4) is 5.75 Å². The summed E-state index contributed by atoms with van der Waals surface area (Å²) in [7, 11) is 0. The van der Waals surface area contributed by atoms with Gasteiger partial charge in [-0.25, -0.2) is 4.98 Å². The first kappa shape index (κ1) is 17.2. The van der Waals surface area contributed by atoms with Crippen LogP contribution in [-0.2, 0) is 4.79 Å². The van der Waals surface area contributed by atoms with Crippen molar-refractivity contribution in [1.82, 2.24) is 4.98 Å². The lowest BCUT2D eigenvalue weighted by Crippen LogP contribution is -2.07. The molecule has 1 N–H and O–H groups in total. The van der Waals surface area contributed by atoms with Gasteiger partial charge in [-0.05, 0) is 24.5 Å². The highest BCUT2D eigenvalue weighted by Crippen LogP contribution is 2.22. The zero-order valence-electron chi connectivity index (χ0n) is 13.7. The predicted molar refractivity (Wildman–Crippen MR) is 96.1 cm³/mol. The maximum atomic E-state index is 12.0. The quantitative estimate of drug-likeness (QED) is 0.748. The van der Waals surface area contributed by atoms with Crippen LogP contribution in [0, 0.1) is 0 Å². The van der Waals surface area contributed by atoms with E-state index in [2.05, 4.69) is 31.1 Å². The van der Waals surface area contributed by atoms with Crippen molar-refractivity contribution < 1.29 is 9.53 Å². The molecule has 0 bridgehead atoms. The van der Waals surface area contributed by atoms with Crippen molar-refractivity contribution in [3.63, 3.8) is 0 Å². The Hall–Kier alpha value is -2.14. The fraction of sp³-hybridized carbons (Fsp3) is 0.333. The lowest BCUT2D eigenvalue weighted by molar-refractivity contribution is -0.111.